The Hall–Kier alpha value is -2.24. The number of likely N-dealkylation sites (tertiary alicyclic amines) is 1. The van der Waals surface area contributed by atoms with Crippen molar-refractivity contribution in [1.82, 2.24) is 10.2 Å². The molecule has 1 N–H and O–H groups in total. The average molecular weight is 442 g/mol. The number of carbonyl (C=O) groups excluding carboxylic acids is 1. The number of carbonyl (C=O) groups is 1. The minimum Gasteiger partial charge on any atom is -0.484 e. The van der Waals surface area contributed by atoms with E-state index in [-0.39, 0.29) is 18.6 Å². The summed E-state index contributed by atoms with van der Waals surface area (Å²) in [6.07, 6.45) is 6.05. The number of amides is 1. The number of fused-ring (bicyclic) bond motifs is 1. The number of piperidine rings is 1. The van der Waals surface area contributed by atoms with Crippen molar-refractivity contribution in [3.8, 4) is 5.75 Å². The Morgan fingerprint density at radius 1 is 1.06 bits per heavy atom. The Kier molecular flexibility index (Phi) is 7.36. The van der Waals surface area contributed by atoms with E-state index < -0.39 is 0 Å². The SMILES string of the molecule is CN1CCCc2cc(C(CNC(=O)COc3ccc(Cl)cc3)N3CCCCC3)ccc21. The Morgan fingerprint density at radius 2 is 1.84 bits per heavy atom. The van der Waals surface area contributed by atoms with E-state index in [1.807, 2.05) is 0 Å². The third-order valence-corrected chi connectivity index (χ3v) is 6.60. The second-order valence-corrected chi connectivity index (χ2v) is 9.01. The molecule has 166 valence electrons. The highest BCUT2D eigenvalue weighted by atomic mass is 35.5. The van der Waals surface area contributed by atoms with Crippen LogP contribution in [0.2, 0.25) is 5.02 Å². The van der Waals surface area contributed by atoms with E-state index in [9.17, 15) is 4.79 Å². The summed E-state index contributed by atoms with van der Waals surface area (Å²) < 4.78 is 5.60. The molecular weight excluding hydrogens is 410 g/mol. The maximum atomic E-state index is 12.5. The van der Waals surface area contributed by atoms with Crippen LogP contribution in [0.5, 0.6) is 5.75 Å². The van der Waals surface area contributed by atoms with Crippen LogP contribution < -0.4 is 15.0 Å². The van der Waals surface area contributed by atoms with Crippen molar-refractivity contribution in [3.05, 3.63) is 58.6 Å². The topological polar surface area (TPSA) is 44.8 Å². The molecule has 2 aliphatic heterocycles. The number of hydrogen-bond acceptors (Lipinski definition) is 4. The molecule has 0 aliphatic carbocycles. The lowest BCUT2D eigenvalue weighted by atomic mass is 9.95. The molecule has 1 fully saturated rings. The molecule has 2 aromatic rings. The second kappa shape index (κ2) is 10.4. The Labute approximate surface area is 190 Å². The number of nitrogens with one attached hydrogen (secondary N) is 1. The summed E-state index contributed by atoms with van der Waals surface area (Å²) in [5.41, 5.74) is 4.06. The smallest absolute Gasteiger partial charge is 0.258 e. The summed E-state index contributed by atoms with van der Waals surface area (Å²) in [6.45, 7) is 3.88. The lowest BCUT2D eigenvalue weighted by Crippen LogP contribution is -2.41. The summed E-state index contributed by atoms with van der Waals surface area (Å²) in [4.78, 5) is 17.4. The van der Waals surface area contributed by atoms with E-state index in [1.165, 1.54) is 42.5 Å². The third kappa shape index (κ3) is 5.72. The number of benzene rings is 2. The number of rotatable bonds is 7. The fourth-order valence-electron chi connectivity index (χ4n) is 4.64. The van der Waals surface area contributed by atoms with Gasteiger partial charge in [-0.25, -0.2) is 0 Å². The van der Waals surface area contributed by atoms with Gasteiger partial charge in [-0.15, -0.1) is 0 Å². The monoisotopic (exact) mass is 441 g/mol. The van der Waals surface area contributed by atoms with Crippen molar-refractivity contribution in [2.45, 2.75) is 38.1 Å². The molecule has 0 saturated carbocycles. The molecule has 6 heteroatoms. The zero-order valence-corrected chi connectivity index (χ0v) is 19.0. The van der Waals surface area contributed by atoms with Gasteiger partial charge in [-0.3, -0.25) is 9.69 Å². The number of nitrogens with zero attached hydrogens (tertiary/aromatic N) is 2. The van der Waals surface area contributed by atoms with Crippen LogP contribution in [0.3, 0.4) is 0 Å². The quantitative estimate of drug-likeness (QED) is 0.689. The van der Waals surface area contributed by atoms with Crippen LogP contribution in [-0.4, -0.2) is 50.6 Å². The molecule has 2 aromatic carbocycles. The molecular formula is C25H32ClN3O2. The molecule has 0 spiro atoms. The summed E-state index contributed by atoms with van der Waals surface area (Å²) in [7, 11) is 2.17. The second-order valence-electron chi connectivity index (χ2n) is 8.57. The van der Waals surface area contributed by atoms with Gasteiger partial charge < -0.3 is 15.0 Å². The molecule has 1 saturated heterocycles. The van der Waals surface area contributed by atoms with Crippen LogP contribution in [0.15, 0.2) is 42.5 Å². The minimum absolute atomic E-state index is 0.00331. The van der Waals surface area contributed by atoms with Gasteiger partial charge in [-0.05, 0) is 80.2 Å². The van der Waals surface area contributed by atoms with E-state index >= 15 is 0 Å². The van der Waals surface area contributed by atoms with Crippen LogP contribution in [0, 0.1) is 0 Å². The van der Waals surface area contributed by atoms with Crippen molar-refractivity contribution in [3.63, 3.8) is 0 Å². The number of aryl methyl sites for hydroxylation is 1. The lowest BCUT2D eigenvalue weighted by Gasteiger charge is -2.36. The third-order valence-electron chi connectivity index (χ3n) is 6.35. The molecule has 1 atom stereocenters. The van der Waals surface area contributed by atoms with Gasteiger partial charge in [0.25, 0.3) is 5.91 Å². The number of halogens is 1. The molecule has 5 nitrogen and oxygen atoms in total. The van der Waals surface area contributed by atoms with Crippen LogP contribution in [0.4, 0.5) is 5.69 Å². The minimum atomic E-state index is -0.102. The highest BCUT2D eigenvalue weighted by Gasteiger charge is 2.24. The first kappa shape index (κ1) is 22.0. The fourth-order valence-corrected chi connectivity index (χ4v) is 4.77. The standard InChI is InChI=1S/C25H32ClN3O2/c1-28-13-5-6-19-16-20(7-12-23(19)28)24(29-14-3-2-4-15-29)17-27-25(30)18-31-22-10-8-21(26)9-11-22/h7-12,16,24H,2-6,13-15,17-18H2,1H3,(H,27,30). The van der Waals surface area contributed by atoms with Crippen molar-refractivity contribution >= 4 is 23.2 Å². The highest BCUT2D eigenvalue weighted by molar-refractivity contribution is 6.30. The van der Waals surface area contributed by atoms with Gasteiger partial charge in [0, 0.05) is 30.8 Å². The van der Waals surface area contributed by atoms with E-state index in [4.69, 9.17) is 16.3 Å². The largest absolute Gasteiger partial charge is 0.484 e. The average Bonchev–Trinajstić information content (AvgIpc) is 2.80. The molecule has 0 radical (unpaired) electrons. The Morgan fingerprint density at radius 3 is 2.61 bits per heavy atom. The van der Waals surface area contributed by atoms with Crippen molar-refractivity contribution < 1.29 is 9.53 Å². The number of hydrogen-bond donors (Lipinski definition) is 1. The van der Waals surface area contributed by atoms with Gasteiger partial charge in [0.15, 0.2) is 6.61 Å². The Balaban J connectivity index is 1.42. The number of anilines is 1. The van der Waals surface area contributed by atoms with Gasteiger partial charge in [0.1, 0.15) is 5.75 Å². The van der Waals surface area contributed by atoms with Crippen molar-refractivity contribution in [2.75, 3.05) is 44.7 Å². The van der Waals surface area contributed by atoms with Gasteiger partial charge in [0.05, 0.1) is 6.04 Å². The van der Waals surface area contributed by atoms with E-state index in [2.05, 4.69) is 40.4 Å². The van der Waals surface area contributed by atoms with E-state index in [0.717, 1.165) is 26.1 Å². The van der Waals surface area contributed by atoms with E-state index in [0.29, 0.717) is 17.3 Å². The van der Waals surface area contributed by atoms with Crippen LogP contribution in [0.1, 0.15) is 42.9 Å². The Bertz CT molecular complexity index is 881. The van der Waals surface area contributed by atoms with Gasteiger partial charge in [0.2, 0.25) is 0 Å². The first-order chi connectivity index (χ1) is 15.1. The highest BCUT2D eigenvalue weighted by Crippen LogP contribution is 2.31. The summed E-state index contributed by atoms with van der Waals surface area (Å²) >= 11 is 5.90. The molecule has 1 unspecified atom stereocenters. The number of ether oxygens (including phenoxy) is 1. The molecule has 2 heterocycles. The van der Waals surface area contributed by atoms with E-state index in [1.54, 1.807) is 24.3 Å². The summed E-state index contributed by atoms with van der Waals surface area (Å²) in [6, 6.07) is 14.1. The van der Waals surface area contributed by atoms with Crippen LogP contribution >= 0.6 is 11.6 Å². The molecule has 2 aliphatic rings. The first-order valence-corrected chi connectivity index (χ1v) is 11.7. The molecule has 4 rings (SSSR count). The maximum Gasteiger partial charge on any atom is 0.258 e. The predicted octanol–water partition coefficient (Wildman–Crippen LogP) is 4.44. The fraction of sp³-hybridized carbons (Fsp3) is 0.480. The van der Waals surface area contributed by atoms with Crippen molar-refractivity contribution in [2.24, 2.45) is 0 Å². The summed E-state index contributed by atoms with van der Waals surface area (Å²) in [5.74, 6) is 0.542. The van der Waals surface area contributed by atoms with Gasteiger partial charge in [-0.2, -0.15) is 0 Å². The zero-order chi connectivity index (χ0) is 21.6. The van der Waals surface area contributed by atoms with Crippen LogP contribution in [-0.2, 0) is 11.2 Å². The van der Waals surface area contributed by atoms with Gasteiger partial charge >= 0.3 is 0 Å². The normalized spacial score (nSPS) is 17.7. The van der Waals surface area contributed by atoms with Crippen LogP contribution in [0.25, 0.3) is 0 Å². The first-order valence-electron chi connectivity index (χ1n) is 11.3. The van der Waals surface area contributed by atoms with Gasteiger partial charge in [-0.1, -0.05) is 30.2 Å². The molecule has 1 amide bonds. The van der Waals surface area contributed by atoms with Crippen molar-refractivity contribution in [1.29, 1.82) is 0 Å². The molecule has 0 aromatic heterocycles. The maximum absolute atomic E-state index is 12.5. The lowest BCUT2D eigenvalue weighted by molar-refractivity contribution is -0.123. The summed E-state index contributed by atoms with van der Waals surface area (Å²) in [5, 5.41) is 3.76. The molecule has 0 bridgehead atoms. The molecule has 31 heavy (non-hydrogen) atoms. The predicted molar refractivity (Wildman–Crippen MR) is 126 cm³/mol. The zero-order valence-electron chi connectivity index (χ0n) is 18.3.